The molecule has 2 saturated heterocycles. The molecule has 1 unspecified atom stereocenters. The van der Waals surface area contributed by atoms with Gasteiger partial charge in [-0.25, -0.2) is 0 Å². The lowest BCUT2D eigenvalue weighted by molar-refractivity contribution is -0.144. The van der Waals surface area contributed by atoms with Crippen molar-refractivity contribution in [1.29, 1.82) is 0 Å². The van der Waals surface area contributed by atoms with Crippen LogP contribution in [-0.2, 0) is 16.1 Å². The topological polar surface area (TPSA) is 82.1 Å². The lowest BCUT2D eigenvalue weighted by Gasteiger charge is -2.41. The van der Waals surface area contributed by atoms with Gasteiger partial charge in [0.1, 0.15) is 12.4 Å². The monoisotopic (exact) mass is 375 g/mol. The number of nitrogens with one attached hydrogen (secondary N) is 1. The Balaban J connectivity index is 1.55. The zero-order chi connectivity index (χ0) is 19.4. The van der Waals surface area contributed by atoms with Gasteiger partial charge in [0.2, 0.25) is 5.91 Å². The molecule has 1 atom stereocenters. The number of hydrogen-bond acceptors (Lipinski definition) is 5. The lowest BCUT2D eigenvalue weighted by atomic mass is 9.77. The molecular formula is C20H29N3O4. The Morgan fingerprint density at radius 3 is 2.78 bits per heavy atom. The molecule has 7 heteroatoms. The Morgan fingerprint density at radius 1 is 1.37 bits per heavy atom. The summed E-state index contributed by atoms with van der Waals surface area (Å²) in [5, 5.41) is 12.4. The molecule has 2 aliphatic heterocycles. The first-order chi connectivity index (χ1) is 12.9. The van der Waals surface area contributed by atoms with E-state index < -0.39 is 17.4 Å². The van der Waals surface area contributed by atoms with Crippen LogP contribution >= 0.6 is 0 Å². The van der Waals surface area contributed by atoms with Gasteiger partial charge in [0.15, 0.2) is 0 Å². The van der Waals surface area contributed by atoms with Gasteiger partial charge >= 0.3 is 5.97 Å². The molecule has 1 spiro atoms. The summed E-state index contributed by atoms with van der Waals surface area (Å²) in [5.74, 6) is -0.750. The van der Waals surface area contributed by atoms with E-state index in [1.807, 2.05) is 26.2 Å². The molecule has 1 aromatic rings. The van der Waals surface area contributed by atoms with Gasteiger partial charge in [0.25, 0.3) is 0 Å². The Kier molecular flexibility index (Phi) is 6.01. The molecule has 27 heavy (non-hydrogen) atoms. The van der Waals surface area contributed by atoms with E-state index in [0.717, 1.165) is 31.9 Å². The Morgan fingerprint density at radius 2 is 2.11 bits per heavy atom. The fourth-order valence-corrected chi connectivity index (χ4v) is 4.04. The first-order valence-corrected chi connectivity index (χ1v) is 9.51. The van der Waals surface area contributed by atoms with Crippen molar-refractivity contribution in [3.63, 3.8) is 0 Å². The van der Waals surface area contributed by atoms with Crippen molar-refractivity contribution < 1.29 is 19.4 Å². The molecule has 2 heterocycles. The maximum Gasteiger partial charge on any atom is 0.309 e. The van der Waals surface area contributed by atoms with E-state index in [4.69, 9.17) is 4.74 Å². The smallest absolute Gasteiger partial charge is 0.309 e. The van der Waals surface area contributed by atoms with E-state index in [1.165, 1.54) is 5.56 Å². The number of carbonyl (C=O) groups is 2. The lowest BCUT2D eigenvalue weighted by Crippen LogP contribution is -2.55. The van der Waals surface area contributed by atoms with Crippen molar-refractivity contribution in [2.45, 2.75) is 31.3 Å². The van der Waals surface area contributed by atoms with Crippen LogP contribution in [0.15, 0.2) is 24.3 Å². The third-order valence-electron chi connectivity index (χ3n) is 5.60. The minimum absolute atomic E-state index is 0.0989. The minimum atomic E-state index is -0.871. The summed E-state index contributed by atoms with van der Waals surface area (Å²) in [7, 11) is 4.04. The second kappa shape index (κ2) is 8.27. The molecule has 2 aliphatic rings. The van der Waals surface area contributed by atoms with E-state index in [9.17, 15) is 14.7 Å². The number of carboxylic acid groups (broad SMARTS) is 1. The maximum absolute atomic E-state index is 11.8. The largest absolute Gasteiger partial charge is 0.492 e. The molecule has 7 nitrogen and oxygen atoms in total. The molecule has 0 bridgehead atoms. The van der Waals surface area contributed by atoms with Crippen molar-refractivity contribution >= 4 is 11.9 Å². The number of carbonyl (C=O) groups excluding carboxylic acids is 1. The van der Waals surface area contributed by atoms with Crippen molar-refractivity contribution in [1.82, 2.24) is 15.1 Å². The number of benzene rings is 1. The van der Waals surface area contributed by atoms with Crippen LogP contribution in [0.2, 0.25) is 0 Å². The average molecular weight is 375 g/mol. The summed E-state index contributed by atoms with van der Waals surface area (Å²) in [6.07, 6.45) is 1.45. The third-order valence-corrected chi connectivity index (χ3v) is 5.60. The minimum Gasteiger partial charge on any atom is -0.492 e. The molecule has 0 saturated carbocycles. The van der Waals surface area contributed by atoms with Crippen LogP contribution < -0.4 is 10.1 Å². The molecule has 0 aromatic heterocycles. The Labute approximate surface area is 160 Å². The van der Waals surface area contributed by atoms with Gasteiger partial charge in [-0.15, -0.1) is 0 Å². The maximum atomic E-state index is 11.8. The van der Waals surface area contributed by atoms with Crippen LogP contribution in [-0.4, -0.2) is 72.7 Å². The van der Waals surface area contributed by atoms with Gasteiger partial charge in [0, 0.05) is 32.6 Å². The SMILES string of the molecule is CN(C)CCOc1cccc(CN2CCC3(CC2)NC(=O)CC3C(=O)O)c1. The van der Waals surface area contributed by atoms with Crippen molar-refractivity contribution in [2.24, 2.45) is 5.92 Å². The van der Waals surface area contributed by atoms with E-state index in [2.05, 4.69) is 27.2 Å². The molecule has 148 valence electrons. The Bertz CT molecular complexity index is 684. The highest BCUT2D eigenvalue weighted by molar-refractivity contribution is 5.88. The van der Waals surface area contributed by atoms with Crippen molar-refractivity contribution in [2.75, 3.05) is 40.3 Å². The van der Waals surface area contributed by atoms with Crippen LogP contribution in [0, 0.1) is 5.92 Å². The van der Waals surface area contributed by atoms with Crippen LogP contribution in [0.4, 0.5) is 0 Å². The predicted octanol–water partition coefficient (Wildman–Crippen LogP) is 1.18. The van der Waals surface area contributed by atoms with Crippen LogP contribution in [0.25, 0.3) is 0 Å². The van der Waals surface area contributed by atoms with E-state index in [-0.39, 0.29) is 12.3 Å². The first-order valence-electron chi connectivity index (χ1n) is 9.51. The number of amides is 1. The number of carboxylic acids is 1. The molecule has 1 aromatic carbocycles. The molecule has 2 N–H and O–H groups in total. The average Bonchev–Trinajstić information content (AvgIpc) is 2.93. The Hall–Kier alpha value is -2.12. The number of piperidine rings is 1. The summed E-state index contributed by atoms with van der Waals surface area (Å²) in [4.78, 5) is 27.7. The fourth-order valence-electron chi connectivity index (χ4n) is 4.04. The zero-order valence-corrected chi connectivity index (χ0v) is 16.1. The van der Waals surface area contributed by atoms with Crippen molar-refractivity contribution in [3.05, 3.63) is 29.8 Å². The number of hydrogen-bond donors (Lipinski definition) is 2. The highest BCUT2D eigenvalue weighted by atomic mass is 16.5. The third kappa shape index (κ3) is 4.78. The second-order valence-corrected chi connectivity index (χ2v) is 7.87. The van der Waals surface area contributed by atoms with E-state index in [1.54, 1.807) is 0 Å². The van der Waals surface area contributed by atoms with Crippen LogP contribution in [0.5, 0.6) is 5.75 Å². The number of aliphatic carboxylic acids is 1. The number of ether oxygens (including phenoxy) is 1. The normalized spacial score (nSPS) is 22.2. The van der Waals surface area contributed by atoms with E-state index in [0.29, 0.717) is 19.4 Å². The summed E-state index contributed by atoms with van der Waals surface area (Å²) in [6, 6.07) is 8.12. The highest BCUT2D eigenvalue weighted by Crippen LogP contribution is 2.37. The van der Waals surface area contributed by atoms with E-state index >= 15 is 0 Å². The number of likely N-dealkylation sites (tertiary alicyclic amines) is 1. The molecule has 2 fully saturated rings. The summed E-state index contributed by atoms with van der Waals surface area (Å²) < 4.78 is 5.80. The number of nitrogens with zero attached hydrogens (tertiary/aromatic N) is 2. The van der Waals surface area contributed by atoms with Crippen LogP contribution in [0.1, 0.15) is 24.8 Å². The van der Waals surface area contributed by atoms with Gasteiger partial charge in [0.05, 0.1) is 11.5 Å². The summed E-state index contributed by atoms with van der Waals surface area (Å²) in [5.41, 5.74) is 0.606. The molecule has 3 rings (SSSR count). The predicted molar refractivity (Wildman–Crippen MR) is 102 cm³/mol. The van der Waals surface area contributed by atoms with Gasteiger partial charge in [-0.1, -0.05) is 12.1 Å². The van der Waals surface area contributed by atoms with Gasteiger partial charge < -0.3 is 20.1 Å². The standard InChI is InChI=1S/C20H29N3O4/c1-22(2)10-11-27-16-5-3-4-15(12-16)14-23-8-6-20(7-9-23)17(19(25)26)13-18(24)21-20/h3-5,12,17H,6-11,13-14H2,1-2H3,(H,21,24)(H,25,26). The van der Waals surface area contributed by atoms with Crippen molar-refractivity contribution in [3.8, 4) is 5.75 Å². The highest BCUT2D eigenvalue weighted by Gasteiger charge is 2.51. The summed E-state index contributed by atoms with van der Waals surface area (Å²) >= 11 is 0. The molecule has 0 aliphatic carbocycles. The summed E-state index contributed by atoms with van der Waals surface area (Å²) in [6.45, 7) is 3.87. The van der Waals surface area contributed by atoms with Gasteiger partial charge in [-0.3, -0.25) is 14.5 Å². The second-order valence-electron chi connectivity index (χ2n) is 7.87. The van der Waals surface area contributed by atoms with Gasteiger partial charge in [-0.05, 0) is 44.6 Å². The molecule has 0 radical (unpaired) electrons. The van der Waals surface area contributed by atoms with Gasteiger partial charge in [-0.2, -0.15) is 0 Å². The molecule has 1 amide bonds. The zero-order valence-electron chi connectivity index (χ0n) is 16.1. The first kappa shape index (κ1) is 19.6. The quantitative estimate of drug-likeness (QED) is 0.745. The fraction of sp³-hybridized carbons (Fsp3) is 0.600. The van der Waals surface area contributed by atoms with Crippen LogP contribution in [0.3, 0.4) is 0 Å². The number of rotatable bonds is 7. The number of likely N-dealkylation sites (N-methyl/N-ethyl adjacent to an activating group) is 1. The molecular weight excluding hydrogens is 346 g/mol.